The number of hydrogen-bond donors (Lipinski definition) is 2. The molecule has 1 aromatic heterocycles. The highest BCUT2D eigenvalue weighted by atomic mass is 79.9. The van der Waals surface area contributed by atoms with Gasteiger partial charge in [-0.05, 0) is 40.2 Å². The van der Waals surface area contributed by atoms with Crippen molar-refractivity contribution < 1.29 is 9.13 Å². The number of benzene rings is 2. The maximum atomic E-state index is 13.5. The molecule has 0 unspecified atom stereocenters. The molecule has 0 radical (unpaired) electrons. The largest absolute Gasteiger partial charge is 0.438 e. The summed E-state index contributed by atoms with van der Waals surface area (Å²) in [4.78, 5) is 8.38. The molecule has 0 amide bonds. The molecule has 5 nitrogen and oxygen atoms in total. The maximum Gasteiger partial charge on any atom is 0.241 e. The normalized spacial score (nSPS) is 10.6. The van der Waals surface area contributed by atoms with Crippen molar-refractivity contribution >= 4 is 32.8 Å². The van der Waals surface area contributed by atoms with E-state index in [0.29, 0.717) is 27.0 Å². The van der Waals surface area contributed by atoms with Crippen LogP contribution in [0.4, 0.5) is 10.3 Å². The summed E-state index contributed by atoms with van der Waals surface area (Å²) in [6.07, 6.45) is 0. The third kappa shape index (κ3) is 2.79. The van der Waals surface area contributed by atoms with Crippen molar-refractivity contribution in [3.05, 3.63) is 52.8 Å². The lowest BCUT2D eigenvalue weighted by Crippen LogP contribution is -2.11. The van der Waals surface area contributed by atoms with Crippen LogP contribution in [0.3, 0.4) is 0 Å². The van der Waals surface area contributed by atoms with Gasteiger partial charge in [-0.25, -0.2) is 15.2 Å². The van der Waals surface area contributed by atoms with Crippen LogP contribution in [0.5, 0.6) is 11.6 Å². The van der Waals surface area contributed by atoms with Crippen molar-refractivity contribution in [1.29, 1.82) is 0 Å². The smallest absolute Gasteiger partial charge is 0.241 e. The van der Waals surface area contributed by atoms with Crippen LogP contribution in [0.2, 0.25) is 0 Å². The lowest BCUT2D eigenvalue weighted by molar-refractivity contribution is 0.463. The predicted molar refractivity (Wildman–Crippen MR) is 81.5 cm³/mol. The van der Waals surface area contributed by atoms with Crippen LogP contribution in [-0.2, 0) is 0 Å². The Morgan fingerprint density at radius 2 is 1.95 bits per heavy atom. The van der Waals surface area contributed by atoms with Gasteiger partial charge in [0.2, 0.25) is 11.8 Å². The fourth-order valence-electron chi connectivity index (χ4n) is 1.84. The minimum absolute atomic E-state index is 0.223. The van der Waals surface area contributed by atoms with Crippen molar-refractivity contribution in [2.45, 2.75) is 0 Å². The van der Waals surface area contributed by atoms with E-state index in [9.17, 15) is 4.39 Å². The number of nitrogens with one attached hydrogen (secondary N) is 1. The van der Waals surface area contributed by atoms with E-state index in [1.807, 2.05) is 24.3 Å². The first kappa shape index (κ1) is 13.7. The minimum Gasteiger partial charge on any atom is -0.438 e. The van der Waals surface area contributed by atoms with Gasteiger partial charge in [-0.3, -0.25) is 5.43 Å². The number of fused-ring (bicyclic) bond motifs is 1. The predicted octanol–water partition coefficient (Wildman–Crippen LogP) is 3.61. The molecular weight excluding hydrogens is 339 g/mol. The van der Waals surface area contributed by atoms with E-state index in [1.54, 1.807) is 12.1 Å². The summed E-state index contributed by atoms with van der Waals surface area (Å²) < 4.78 is 19.6. The van der Waals surface area contributed by atoms with Gasteiger partial charge in [-0.1, -0.05) is 12.1 Å². The molecule has 0 fully saturated rings. The van der Waals surface area contributed by atoms with E-state index in [2.05, 4.69) is 31.3 Å². The zero-order valence-corrected chi connectivity index (χ0v) is 12.3. The highest BCUT2D eigenvalue weighted by Crippen LogP contribution is 2.30. The molecule has 3 rings (SSSR count). The third-order valence-electron chi connectivity index (χ3n) is 2.80. The Hall–Kier alpha value is -2.25. The molecular formula is C14H10BrFN4O. The summed E-state index contributed by atoms with van der Waals surface area (Å²) in [6.45, 7) is 0. The Kier molecular flexibility index (Phi) is 3.68. The summed E-state index contributed by atoms with van der Waals surface area (Å²) in [6, 6.07) is 11.8. The summed E-state index contributed by atoms with van der Waals surface area (Å²) in [5, 5.41) is 0.708. The average molecular weight is 349 g/mol. The summed E-state index contributed by atoms with van der Waals surface area (Å²) in [5.41, 5.74) is 3.06. The van der Waals surface area contributed by atoms with E-state index in [4.69, 9.17) is 10.6 Å². The Bertz CT molecular complexity index is 812. The molecule has 7 heteroatoms. The van der Waals surface area contributed by atoms with E-state index < -0.39 is 5.82 Å². The van der Waals surface area contributed by atoms with Crippen LogP contribution in [0, 0.1) is 5.82 Å². The second-order valence-electron chi connectivity index (χ2n) is 4.19. The highest BCUT2D eigenvalue weighted by molar-refractivity contribution is 9.10. The first-order chi connectivity index (χ1) is 10.2. The Labute approximate surface area is 128 Å². The van der Waals surface area contributed by atoms with E-state index >= 15 is 0 Å². The van der Waals surface area contributed by atoms with Gasteiger partial charge in [0.25, 0.3) is 0 Å². The first-order valence-electron chi connectivity index (χ1n) is 6.03. The number of aromatic nitrogens is 2. The molecule has 2 aromatic carbocycles. The zero-order valence-electron chi connectivity index (χ0n) is 10.7. The molecule has 3 N–H and O–H groups in total. The SMILES string of the molecule is NNc1nc(Oc2ccc(Br)c(F)c2)c2ccccc2n1. The second kappa shape index (κ2) is 5.63. The second-order valence-corrected chi connectivity index (χ2v) is 5.05. The van der Waals surface area contributed by atoms with Gasteiger partial charge in [0.1, 0.15) is 11.6 Å². The Morgan fingerprint density at radius 1 is 1.14 bits per heavy atom. The van der Waals surface area contributed by atoms with Crippen LogP contribution in [0.15, 0.2) is 46.9 Å². The summed E-state index contributed by atoms with van der Waals surface area (Å²) >= 11 is 3.09. The van der Waals surface area contributed by atoms with Gasteiger partial charge < -0.3 is 4.74 Å². The van der Waals surface area contributed by atoms with Gasteiger partial charge in [0, 0.05) is 6.07 Å². The van der Waals surface area contributed by atoms with Crippen LogP contribution < -0.4 is 16.0 Å². The van der Waals surface area contributed by atoms with Crippen molar-refractivity contribution in [3.8, 4) is 11.6 Å². The number of hydrazine groups is 1. The number of rotatable bonds is 3. The number of halogens is 2. The van der Waals surface area contributed by atoms with E-state index in [1.165, 1.54) is 6.07 Å². The van der Waals surface area contributed by atoms with Crippen molar-refractivity contribution in [3.63, 3.8) is 0 Å². The molecule has 0 atom stereocenters. The van der Waals surface area contributed by atoms with E-state index in [-0.39, 0.29) is 5.95 Å². The topological polar surface area (TPSA) is 73.1 Å². The standard InChI is InChI=1S/C14H10BrFN4O/c15-10-6-5-8(7-11(10)16)21-13-9-3-1-2-4-12(9)18-14(19-13)20-17/h1-7H,17H2,(H,18,19,20). The number of anilines is 1. The molecule has 0 spiro atoms. The fraction of sp³-hybridized carbons (Fsp3) is 0. The molecule has 0 saturated carbocycles. The van der Waals surface area contributed by atoms with Gasteiger partial charge in [0.05, 0.1) is 15.4 Å². The number of nitrogens with two attached hydrogens (primary N) is 1. The van der Waals surface area contributed by atoms with Gasteiger partial charge in [-0.15, -0.1) is 0 Å². The van der Waals surface area contributed by atoms with Crippen molar-refractivity contribution in [2.24, 2.45) is 5.84 Å². The lowest BCUT2D eigenvalue weighted by atomic mass is 10.2. The lowest BCUT2D eigenvalue weighted by Gasteiger charge is -2.09. The minimum atomic E-state index is -0.414. The summed E-state index contributed by atoms with van der Waals surface area (Å²) in [7, 11) is 0. The molecule has 0 aliphatic heterocycles. The number of hydrogen-bond acceptors (Lipinski definition) is 5. The Balaban J connectivity index is 2.08. The van der Waals surface area contributed by atoms with Gasteiger partial charge >= 0.3 is 0 Å². The van der Waals surface area contributed by atoms with E-state index in [0.717, 1.165) is 0 Å². The fourth-order valence-corrected chi connectivity index (χ4v) is 2.09. The maximum absolute atomic E-state index is 13.5. The van der Waals surface area contributed by atoms with Crippen molar-refractivity contribution in [1.82, 2.24) is 9.97 Å². The average Bonchev–Trinajstić information content (AvgIpc) is 2.51. The highest BCUT2D eigenvalue weighted by Gasteiger charge is 2.10. The number of nitrogen functional groups attached to an aromatic ring is 1. The van der Waals surface area contributed by atoms with Crippen LogP contribution in [0.25, 0.3) is 10.9 Å². The van der Waals surface area contributed by atoms with Crippen LogP contribution >= 0.6 is 15.9 Å². The number of ether oxygens (including phenoxy) is 1. The molecule has 0 aliphatic rings. The molecule has 1 heterocycles. The molecule has 0 aliphatic carbocycles. The van der Waals surface area contributed by atoms with Gasteiger partial charge in [-0.2, -0.15) is 4.98 Å². The van der Waals surface area contributed by atoms with Crippen LogP contribution in [0.1, 0.15) is 0 Å². The Morgan fingerprint density at radius 3 is 2.71 bits per heavy atom. The molecule has 21 heavy (non-hydrogen) atoms. The monoisotopic (exact) mass is 348 g/mol. The number of nitrogens with zero attached hydrogens (tertiary/aromatic N) is 2. The molecule has 0 bridgehead atoms. The molecule has 3 aromatic rings. The third-order valence-corrected chi connectivity index (χ3v) is 3.45. The molecule has 0 saturated heterocycles. The first-order valence-corrected chi connectivity index (χ1v) is 6.83. The quantitative estimate of drug-likeness (QED) is 0.558. The zero-order chi connectivity index (χ0) is 14.8. The van der Waals surface area contributed by atoms with Crippen molar-refractivity contribution in [2.75, 3.05) is 5.43 Å². The van der Waals surface area contributed by atoms with Gasteiger partial charge in [0.15, 0.2) is 0 Å². The number of para-hydroxylation sites is 1. The molecule has 106 valence electrons. The van der Waals surface area contributed by atoms with Crippen LogP contribution in [-0.4, -0.2) is 9.97 Å². The summed E-state index contributed by atoms with van der Waals surface area (Å²) in [5.74, 6) is 5.80.